The highest BCUT2D eigenvalue weighted by molar-refractivity contribution is 6.10. The molecule has 0 spiro atoms. The lowest BCUT2D eigenvalue weighted by molar-refractivity contribution is 0.627. The number of benzene rings is 4. The van der Waals surface area contributed by atoms with Crippen LogP contribution < -0.4 is 0 Å². The van der Waals surface area contributed by atoms with E-state index in [1.807, 2.05) is 72.8 Å². The molecule has 66 heavy (non-hydrogen) atoms. The Bertz CT molecular complexity index is 3100. The summed E-state index contributed by atoms with van der Waals surface area (Å²) in [5, 5.41) is 2.52. The fourth-order valence-corrected chi connectivity index (χ4v) is 8.91. The SMILES string of the molecule is CCCCCn1c2ccc(-c3ccc(-c4cc(-c5ccccn5)nc(-c5ccccn5)c4)cc3)cc2c2cc(-c3ccc(-c4cc(-c5ccccn5)nc(-c5ccccn5)c4)cc3)ccc21. The summed E-state index contributed by atoms with van der Waals surface area (Å²) in [5.41, 5.74) is 18.1. The third-order valence-corrected chi connectivity index (χ3v) is 12.3. The molecule has 0 aliphatic rings. The molecule has 0 radical (unpaired) electrons. The molecule has 0 atom stereocenters. The number of hydrogen-bond donors (Lipinski definition) is 0. The number of unbranched alkanes of at least 4 members (excludes halogenated alkanes) is 2. The second kappa shape index (κ2) is 18.0. The third-order valence-electron chi connectivity index (χ3n) is 12.3. The van der Waals surface area contributed by atoms with Crippen LogP contribution in [0, 0.1) is 0 Å². The van der Waals surface area contributed by atoms with Crippen molar-refractivity contribution < 1.29 is 0 Å². The Morgan fingerprint density at radius 3 is 0.970 bits per heavy atom. The van der Waals surface area contributed by atoms with Gasteiger partial charge in [-0.25, -0.2) is 9.97 Å². The minimum absolute atomic E-state index is 0.813. The van der Waals surface area contributed by atoms with Gasteiger partial charge in [0.05, 0.1) is 45.6 Å². The van der Waals surface area contributed by atoms with Gasteiger partial charge < -0.3 is 4.57 Å². The van der Waals surface area contributed by atoms with Gasteiger partial charge in [0.25, 0.3) is 0 Å². The topological polar surface area (TPSA) is 82.3 Å². The van der Waals surface area contributed by atoms with Gasteiger partial charge in [0.2, 0.25) is 0 Å². The molecule has 0 bridgehead atoms. The summed E-state index contributed by atoms with van der Waals surface area (Å²) < 4.78 is 2.52. The maximum Gasteiger partial charge on any atom is 0.0900 e. The lowest BCUT2D eigenvalue weighted by Crippen LogP contribution is -1.97. The molecule has 0 unspecified atom stereocenters. The van der Waals surface area contributed by atoms with Gasteiger partial charge in [-0.1, -0.05) is 105 Å². The van der Waals surface area contributed by atoms with Gasteiger partial charge in [0, 0.05) is 53.1 Å². The van der Waals surface area contributed by atoms with Gasteiger partial charge in [0.1, 0.15) is 0 Å². The Balaban J connectivity index is 0.943. The molecule has 11 aromatic rings. The number of pyridine rings is 6. The first-order valence-corrected chi connectivity index (χ1v) is 22.6. The second-order valence-corrected chi connectivity index (χ2v) is 16.6. The molecule has 0 amide bonds. The fourth-order valence-electron chi connectivity index (χ4n) is 8.91. The van der Waals surface area contributed by atoms with E-state index >= 15 is 0 Å². The zero-order valence-corrected chi connectivity index (χ0v) is 36.6. The Hall–Kier alpha value is -8.42. The van der Waals surface area contributed by atoms with E-state index in [0.29, 0.717) is 0 Å². The highest BCUT2D eigenvalue weighted by Gasteiger charge is 2.16. The minimum Gasteiger partial charge on any atom is -0.340 e. The number of hydrogen-bond acceptors (Lipinski definition) is 6. The summed E-state index contributed by atoms with van der Waals surface area (Å²) in [6, 6.07) is 63.8. The molecule has 7 aromatic heterocycles. The van der Waals surface area contributed by atoms with E-state index in [1.165, 1.54) is 45.8 Å². The third kappa shape index (κ3) is 8.14. The average Bonchev–Trinajstić information content (AvgIpc) is 3.71. The van der Waals surface area contributed by atoms with Crippen LogP contribution >= 0.6 is 0 Å². The standard InChI is InChI=1S/C59H45N7/c1-2-3-12-33-66-58-27-25-44(40-17-21-42(22-18-40)46-36-54(50-13-4-8-29-60-50)64-55(37-46)51-14-5-9-30-61-51)34-48(58)49-35-45(26-28-59(49)66)41-19-23-43(24-20-41)47-38-56(52-15-6-10-31-62-52)65-57(39-47)53-16-7-11-32-63-53/h4-11,13-32,34-39H,2-3,12,33H2,1H3. The summed E-state index contributed by atoms with van der Waals surface area (Å²) in [7, 11) is 0. The molecule has 0 saturated carbocycles. The van der Waals surface area contributed by atoms with Crippen molar-refractivity contribution in [3.63, 3.8) is 0 Å². The van der Waals surface area contributed by atoms with E-state index < -0.39 is 0 Å². The predicted octanol–water partition coefficient (Wildman–Crippen LogP) is 14.7. The van der Waals surface area contributed by atoms with Gasteiger partial charge in [-0.15, -0.1) is 0 Å². The highest BCUT2D eigenvalue weighted by Crippen LogP contribution is 2.38. The van der Waals surface area contributed by atoms with Crippen molar-refractivity contribution in [2.45, 2.75) is 32.7 Å². The van der Waals surface area contributed by atoms with Crippen molar-refractivity contribution in [1.82, 2.24) is 34.5 Å². The molecule has 0 aliphatic heterocycles. The summed E-state index contributed by atoms with van der Waals surface area (Å²) in [6.07, 6.45) is 10.7. The second-order valence-electron chi connectivity index (χ2n) is 16.6. The van der Waals surface area contributed by atoms with Gasteiger partial charge in [0.15, 0.2) is 0 Å². The molecular formula is C59H45N7. The Morgan fingerprint density at radius 1 is 0.318 bits per heavy atom. The average molecular weight is 852 g/mol. The van der Waals surface area contributed by atoms with Crippen LogP contribution in [0.1, 0.15) is 26.2 Å². The molecule has 316 valence electrons. The number of aromatic nitrogens is 7. The number of nitrogens with zero attached hydrogens (tertiary/aromatic N) is 7. The van der Waals surface area contributed by atoms with Crippen molar-refractivity contribution in [2.75, 3.05) is 0 Å². The van der Waals surface area contributed by atoms with E-state index in [-0.39, 0.29) is 0 Å². The number of fused-ring (bicyclic) bond motifs is 3. The molecule has 0 saturated heterocycles. The molecule has 0 aliphatic carbocycles. The molecule has 7 heteroatoms. The van der Waals surface area contributed by atoms with Crippen LogP contribution in [0.25, 0.3) is 112 Å². The molecule has 11 rings (SSSR count). The first-order chi connectivity index (χ1) is 32.6. The van der Waals surface area contributed by atoms with Crippen LogP contribution in [0.2, 0.25) is 0 Å². The molecule has 4 aromatic carbocycles. The van der Waals surface area contributed by atoms with Crippen LogP contribution in [-0.4, -0.2) is 34.5 Å². The Morgan fingerprint density at radius 2 is 0.652 bits per heavy atom. The Kier molecular flexibility index (Phi) is 11.0. The summed E-state index contributed by atoms with van der Waals surface area (Å²) in [5.74, 6) is 0. The lowest BCUT2D eigenvalue weighted by Gasteiger charge is -2.11. The van der Waals surface area contributed by atoms with Crippen LogP contribution in [0.3, 0.4) is 0 Å². The lowest BCUT2D eigenvalue weighted by atomic mass is 9.97. The zero-order valence-electron chi connectivity index (χ0n) is 36.6. The number of rotatable bonds is 12. The number of aryl methyl sites for hydroxylation is 1. The molecule has 7 nitrogen and oxygen atoms in total. The van der Waals surface area contributed by atoms with Crippen molar-refractivity contribution in [3.8, 4) is 90.1 Å². The zero-order chi connectivity index (χ0) is 44.2. The van der Waals surface area contributed by atoms with E-state index in [0.717, 1.165) is 91.9 Å². The van der Waals surface area contributed by atoms with E-state index in [2.05, 4.69) is 141 Å². The summed E-state index contributed by atoms with van der Waals surface area (Å²) in [4.78, 5) is 28.4. The van der Waals surface area contributed by atoms with Crippen LogP contribution in [-0.2, 0) is 6.54 Å². The fraction of sp³-hybridized carbons (Fsp3) is 0.0847. The monoisotopic (exact) mass is 851 g/mol. The van der Waals surface area contributed by atoms with Gasteiger partial charge in [-0.05, 0) is 148 Å². The first-order valence-electron chi connectivity index (χ1n) is 22.6. The normalized spacial score (nSPS) is 11.3. The van der Waals surface area contributed by atoms with Crippen molar-refractivity contribution in [1.29, 1.82) is 0 Å². The quantitative estimate of drug-likeness (QED) is 0.114. The van der Waals surface area contributed by atoms with E-state index in [9.17, 15) is 0 Å². The molecule has 7 heterocycles. The van der Waals surface area contributed by atoms with Gasteiger partial charge in [-0.3, -0.25) is 19.9 Å². The maximum atomic E-state index is 4.98. The largest absolute Gasteiger partial charge is 0.340 e. The minimum atomic E-state index is 0.813. The smallest absolute Gasteiger partial charge is 0.0900 e. The van der Waals surface area contributed by atoms with E-state index in [1.54, 1.807) is 24.8 Å². The van der Waals surface area contributed by atoms with Crippen LogP contribution in [0.15, 0.2) is 207 Å². The van der Waals surface area contributed by atoms with Gasteiger partial charge in [-0.2, -0.15) is 0 Å². The Labute approximate surface area is 384 Å². The summed E-state index contributed by atoms with van der Waals surface area (Å²) >= 11 is 0. The highest BCUT2D eigenvalue weighted by atomic mass is 15.0. The van der Waals surface area contributed by atoms with Crippen LogP contribution in [0.5, 0.6) is 0 Å². The van der Waals surface area contributed by atoms with E-state index in [4.69, 9.17) is 9.97 Å². The van der Waals surface area contributed by atoms with Crippen molar-refractivity contribution in [2.24, 2.45) is 0 Å². The molecule has 0 N–H and O–H groups in total. The maximum absolute atomic E-state index is 4.98. The molecule has 0 fully saturated rings. The predicted molar refractivity (Wildman–Crippen MR) is 269 cm³/mol. The summed E-state index contributed by atoms with van der Waals surface area (Å²) in [6.45, 7) is 3.25. The van der Waals surface area contributed by atoms with Gasteiger partial charge >= 0.3 is 0 Å². The van der Waals surface area contributed by atoms with Crippen molar-refractivity contribution in [3.05, 3.63) is 207 Å². The first kappa shape index (κ1) is 40.4. The van der Waals surface area contributed by atoms with Crippen LogP contribution in [0.4, 0.5) is 0 Å². The van der Waals surface area contributed by atoms with Crippen molar-refractivity contribution >= 4 is 21.8 Å². The molecular weight excluding hydrogens is 807 g/mol.